The van der Waals surface area contributed by atoms with E-state index in [1.165, 1.54) is 12.5 Å². The number of ether oxygens (including phenoxy) is 3. The fourth-order valence-electron chi connectivity index (χ4n) is 3.75. The van der Waals surface area contributed by atoms with Crippen molar-refractivity contribution < 1.29 is 24.1 Å². The number of amides is 1. The second-order valence-electron chi connectivity index (χ2n) is 6.46. The number of piperidine rings is 1. The highest BCUT2D eigenvalue weighted by molar-refractivity contribution is 5.80. The van der Waals surface area contributed by atoms with Gasteiger partial charge in [-0.3, -0.25) is 4.79 Å². The maximum absolute atomic E-state index is 12.0. The van der Waals surface area contributed by atoms with Gasteiger partial charge in [0.25, 0.3) is 5.91 Å². The van der Waals surface area contributed by atoms with Gasteiger partial charge in [0.1, 0.15) is 6.10 Å². The number of carbonyl (C=O) groups excluding carboxylic acids is 1. The standard InChI is InChI=1S/C18H25NO5/c1-12(20)17(21)19-7-5-18(6-8-19)14-11-16(23-3)15(22-2)10-13(14)4-9-24-18/h10-12,20H,4-9H2,1-3H3/t12-/m0/s1. The average molecular weight is 335 g/mol. The first kappa shape index (κ1) is 17.0. The molecular weight excluding hydrogens is 310 g/mol. The van der Waals surface area contributed by atoms with Crippen molar-refractivity contribution in [3.05, 3.63) is 23.3 Å². The number of rotatable bonds is 3. The van der Waals surface area contributed by atoms with Crippen LogP contribution in [0.3, 0.4) is 0 Å². The summed E-state index contributed by atoms with van der Waals surface area (Å²) in [5.41, 5.74) is 1.97. The highest BCUT2D eigenvalue weighted by atomic mass is 16.5. The summed E-state index contributed by atoms with van der Waals surface area (Å²) < 4.78 is 17.1. The molecule has 0 radical (unpaired) electrons. The van der Waals surface area contributed by atoms with E-state index in [0.29, 0.717) is 38.3 Å². The van der Waals surface area contributed by atoms with Crippen LogP contribution in [0.5, 0.6) is 11.5 Å². The molecule has 2 aliphatic rings. The quantitative estimate of drug-likeness (QED) is 0.906. The number of nitrogens with zero attached hydrogens (tertiary/aromatic N) is 1. The number of benzene rings is 1. The summed E-state index contributed by atoms with van der Waals surface area (Å²) in [6, 6.07) is 4.05. The maximum Gasteiger partial charge on any atom is 0.251 e. The Bertz CT molecular complexity index is 620. The third kappa shape index (κ3) is 2.84. The van der Waals surface area contributed by atoms with Crippen molar-refractivity contribution in [2.75, 3.05) is 33.9 Å². The molecule has 6 nitrogen and oxygen atoms in total. The zero-order valence-corrected chi connectivity index (χ0v) is 14.5. The van der Waals surface area contributed by atoms with E-state index >= 15 is 0 Å². The van der Waals surface area contributed by atoms with E-state index < -0.39 is 6.10 Å². The lowest BCUT2D eigenvalue weighted by atomic mass is 9.79. The molecule has 2 aliphatic heterocycles. The van der Waals surface area contributed by atoms with Gasteiger partial charge in [0, 0.05) is 13.1 Å². The topological polar surface area (TPSA) is 68.2 Å². The minimum absolute atomic E-state index is 0.215. The predicted molar refractivity (Wildman–Crippen MR) is 88.4 cm³/mol. The first-order valence-electron chi connectivity index (χ1n) is 8.37. The molecule has 1 amide bonds. The molecule has 1 aromatic rings. The molecule has 0 bridgehead atoms. The molecule has 1 fully saturated rings. The number of hydrogen-bond donors (Lipinski definition) is 1. The number of aliphatic hydroxyl groups is 1. The Labute approximate surface area is 142 Å². The van der Waals surface area contributed by atoms with Gasteiger partial charge in [-0.1, -0.05) is 0 Å². The molecule has 2 heterocycles. The smallest absolute Gasteiger partial charge is 0.251 e. The van der Waals surface area contributed by atoms with Gasteiger partial charge in [-0.2, -0.15) is 0 Å². The lowest BCUT2D eigenvalue weighted by molar-refractivity contribution is -0.148. The molecule has 0 saturated carbocycles. The molecule has 3 rings (SSSR count). The average Bonchev–Trinajstić information content (AvgIpc) is 2.61. The van der Waals surface area contributed by atoms with Crippen LogP contribution in [-0.2, 0) is 21.6 Å². The minimum atomic E-state index is -0.956. The molecule has 24 heavy (non-hydrogen) atoms. The molecule has 6 heteroatoms. The van der Waals surface area contributed by atoms with Crippen molar-refractivity contribution in [2.24, 2.45) is 0 Å². The third-order valence-corrected chi connectivity index (χ3v) is 5.09. The SMILES string of the molecule is COc1cc2c(cc1OC)C1(CCN(C(=O)[C@H](C)O)CC1)OCC2. The van der Waals surface area contributed by atoms with E-state index in [9.17, 15) is 9.90 Å². The molecule has 0 unspecified atom stereocenters. The van der Waals surface area contributed by atoms with Crippen LogP contribution in [0.15, 0.2) is 12.1 Å². The predicted octanol–water partition coefficient (Wildman–Crippen LogP) is 1.47. The molecule has 0 aliphatic carbocycles. The van der Waals surface area contributed by atoms with E-state index in [4.69, 9.17) is 14.2 Å². The van der Waals surface area contributed by atoms with Crippen molar-refractivity contribution in [1.29, 1.82) is 0 Å². The fraction of sp³-hybridized carbons (Fsp3) is 0.611. The monoisotopic (exact) mass is 335 g/mol. The van der Waals surface area contributed by atoms with Crippen molar-refractivity contribution in [3.63, 3.8) is 0 Å². The number of hydrogen-bond acceptors (Lipinski definition) is 5. The molecule has 1 atom stereocenters. The summed E-state index contributed by atoms with van der Waals surface area (Å²) in [4.78, 5) is 13.7. The highest BCUT2D eigenvalue weighted by Crippen LogP contribution is 2.45. The van der Waals surface area contributed by atoms with E-state index in [2.05, 4.69) is 0 Å². The Hall–Kier alpha value is -1.79. The van der Waals surface area contributed by atoms with E-state index in [1.807, 2.05) is 12.1 Å². The summed E-state index contributed by atoms with van der Waals surface area (Å²) >= 11 is 0. The van der Waals surface area contributed by atoms with Gasteiger partial charge in [0.2, 0.25) is 0 Å². The fourth-order valence-corrected chi connectivity index (χ4v) is 3.75. The second kappa shape index (κ2) is 6.61. The Morgan fingerprint density at radius 1 is 1.25 bits per heavy atom. The van der Waals surface area contributed by atoms with Crippen molar-refractivity contribution in [3.8, 4) is 11.5 Å². The molecule has 1 saturated heterocycles. The normalized spacial score (nSPS) is 20.4. The number of methoxy groups -OCH3 is 2. The summed E-state index contributed by atoms with van der Waals surface area (Å²) in [6.45, 7) is 3.33. The van der Waals surface area contributed by atoms with Gasteiger partial charge in [0.15, 0.2) is 11.5 Å². The third-order valence-electron chi connectivity index (χ3n) is 5.09. The van der Waals surface area contributed by atoms with Gasteiger partial charge in [-0.15, -0.1) is 0 Å². The zero-order valence-electron chi connectivity index (χ0n) is 14.5. The summed E-state index contributed by atoms with van der Waals surface area (Å²) in [5, 5.41) is 9.51. The Balaban J connectivity index is 1.89. The number of carbonyl (C=O) groups is 1. The van der Waals surface area contributed by atoms with Gasteiger partial charge >= 0.3 is 0 Å². The van der Waals surface area contributed by atoms with E-state index in [1.54, 1.807) is 19.1 Å². The van der Waals surface area contributed by atoms with Crippen molar-refractivity contribution >= 4 is 5.91 Å². The van der Waals surface area contributed by atoms with Gasteiger partial charge in [-0.25, -0.2) is 0 Å². The van der Waals surface area contributed by atoms with E-state index in [-0.39, 0.29) is 11.5 Å². The van der Waals surface area contributed by atoms with Crippen molar-refractivity contribution in [1.82, 2.24) is 4.90 Å². The Morgan fingerprint density at radius 3 is 2.46 bits per heavy atom. The molecule has 0 aromatic heterocycles. The molecular formula is C18H25NO5. The second-order valence-corrected chi connectivity index (χ2v) is 6.46. The van der Waals surface area contributed by atoms with Crippen LogP contribution in [0.4, 0.5) is 0 Å². The van der Waals surface area contributed by atoms with Crippen LogP contribution in [0.25, 0.3) is 0 Å². The first-order valence-corrected chi connectivity index (χ1v) is 8.37. The molecule has 1 aromatic carbocycles. The van der Waals surface area contributed by atoms with Gasteiger partial charge in [-0.05, 0) is 49.4 Å². The Morgan fingerprint density at radius 2 is 1.88 bits per heavy atom. The van der Waals surface area contributed by atoms with Crippen LogP contribution in [0.2, 0.25) is 0 Å². The van der Waals surface area contributed by atoms with Crippen LogP contribution >= 0.6 is 0 Å². The zero-order chi connectivity index (χ0) is 17.3. The molecule has 132 valence electrons. The van der Waals surface area contributed by atoms with E-state index in [0.717, 1.165) is 17.7 Å². The van der Waals surface area contributed by atoms with Crippen LogP contribution in [0, 0.1) is 0 Å². The summed E-state index contributed by atoms with van der Waals surface area (Å²) in [7, 11) is 3.27. The van der Waals surface area contributed by atoms with Crippen molar-refractivity contribution in [2.45, 2.75) is 37.9 Å². The number of fused-ring (bicyclic) bond motifs is 2. The number of aliphatic hydroxyl groups excluding tert-OH is 1. The van der Waals surface area contributed by atoms with Gasteiger partial charge < -0.3 is 24.2 Å². The largest absolute Gasteiger partial charge is 0.493 e. The summed E-state index contributed by atoms with van der Waals surface area (Å²) in [6.07, 6.45) is 1.32. The number of likely N-dealkylation sites (tertiary alicyclic amines) is 1. The maximum atomic E-state index is 12.0. The van der Waals surface area contributed by atoms with Gasteiger partial charge in [0.05, 0.1) is 26.4 Å². The highest BCUT2D eigenvalue weighted by Gasteiger charge is 2.42. The van der Waals surface area contributed by atoms with Crippen LogP contribution in [-0.4, -0.2) is 55.9 Å². The molecule has 1 N–H and O–H groups in total. The lowest BCUT2D eigenvalue weighted by Gasteiger charge is -2.45. The Kier molecular flexibility index (Phi) is 4.69. The lowest BCUT2D eigenvalue weighted by Crippen LogP contribution is -2.50. The molecule has 1 spiro atoms. The van der Waals surface area contributed by atoms with Crippen LogP contribution in [0.1, 0.15) is 30.9 Å². The summed E-state index contributed by atoms with van der Waals surface area (Å²) in [5.74, 6) is 1.21. The van der Waals surface area contributed by atoms with Crippen LogP contribution < -0.4 is 9.47 Å². The first-order chi connectivity index (χ1) is 11.5. The minimum Gasteiger partial charge on any atom is -0.493 e.